The van der Waals surface area contributed by atoms with Crippen LogP contribution >= 0.6 is 0 Å². The van der Waals surface area contributed by atoms with Crippen molar-refractivity contribution in [1.82, 2.24) is 14.6 Å². The first-order chi connectivity index (χ1) is 12.4. The minimum Gasteiger partial charge on any atom is -0.406 e. The molecule has 0 atom stereocenters. The molecule has 0 spiro atoms. The Morgan fingerprint density at radius 3 is 2.50 bits per heavy atom. The third kappa shape index (κ3) is 5.62. The number of hydrogen-bond donors (Lipinski definition) is 2. The van der Waals surface area contributed by atoms with E-state index in [-0.39, 0.29) is 5.75 Å². The summed E-state index contributed by atoms with van der Waals surface area (Å²) in [5, 5.41) is 12.8. The minimum atomic E-state index is -4.72. The summed E-state index contributed by atoms with van der Waals surface area (Å²) >= 11 is 0. The van der Waals surface area contributed by atoms with Crippen molar-refractivity contribution >= 4 is 23.9 Å². The standard InChI is InChI=1S/C14H11F3N4O.C2H4.CH3N/c1-9-7-13-18-6-5-12(21(13)20-9)19-10-3-2-4-11(8-10)22-14(15,16)17;2*1-2/h2-8,19H,1H3;1-2H2;2H,1H2. The average Bonchev–Trinajstić information content (AvgIpc) is 2.99. The summed E-state index contributed by atoms with van der Waals surface area (Å²) in [6.07, 6.45) is -3.13. The van der Waals surface area contributed by atoms with Crippen LogP contribution < -0.4 is 10.1 Å². The molecule has 3 aromatic rings. The highest BCUT2D eigenvalue weighted by atomic mass is 19.4. The van der Waals surface area contributed by atoms with Crippen LogP contribution in [0.25, 0.3) is 5.65 Å². The van der Waals surface area contributed by atoms with Crippen LogP contribution in [-0.4, -0.2) is 27.7 Å². The van der Waals surface area contributed by atoms with Crippen LogP contribution in [0.1, 0.15) is 5.69 Å². The lowest BCUT2D eigenvalue weighted by atomic mass is 10.3. The van der Waals surface area contributed by atoms with Crippen LogP contribution in [0.5, 0.6) is 5.75 Å². The molecule has 6 nitrogen and oxygen atoms in total. The van der Waals surface area contributed by atoms with Crippen LogP contribution in [0.4, 0.5) is 24.7 Å². The van der Waals surface area contributed by atoms with E-state index in [1.165, 1.54) is 18.2 Å². The number of halogens is 3. The first-order valence-electron chi connectivity index (χ1n) is 7.20. The van der Waals surface area contributed by atoms with E-state index in [1.807, 2.05) is 6.92 Å². The van der Waals surface area contributed by atoms with Crippen molar-refractivity contribution in [2.24, 2.45) is 0 Å². The SMILES string of the molecule is C=C.C=N.Cc1cc2nccc(Nc3cccc(OC(F)(F)F)c3)n2n1. The maximum absolute atomic E-state index is 12.2. The van der Waals surface area contributed by atoms with Gasteiger partial charge in [0.2, 0.25) is 0 Å². The predicted molar refractivity (Wildman–Crippen MR) is 95.2 cm³/mol. The van der Waals surface area contributed by atoms with Gasteiger partial charge in [-0.1, -0.05) is 6.07 Å². The molecule has 2 N–H and O–H groups in total. The van der Waals surface area contributed by atoms with Crippen molar-refractivity contribution in [3.05, 3.63) is 61.4 Å². The third-order valence-electron chi connectivity index (χ3n) is 2.82. The lowest BCUT2D eigenvalue weighted by molar-refractivity contribution is -0.274. The van der Waals surface area contributed by atoms with E-state index in [9.17, 15) is 13.2 Å². The van der Waals surface area contributed by atoms with Gasteiger partial charge in [-0.15, -0.1) is 26.3 Å². The van der Waals surface area contributed by atoms with Gasteiger partial charge in [0.25, 0.3) is 0 Å². The number of ether oxygens (including phenoxy) is 1. The molecule has 0 amide bonds. The molecule has 0 bridgehead atoms. The Balaban J connectivity index is 0.000000791. The van der Waals surface area contributed by atoms with E-state index in [0.717, 1.165) is 5.69 Å². The van der Waals surface area contributed by atoms with Gasteiger partial charge in [0.15, 0.2) is 5.65 Å². The van der Waals surface area contributed by atoms with Crippen molar-refractivity contribution in [3.63, 3.8) is 0 Å². The molecule has 2 aromatic heterocycles. The van der Waals surface area contributed by atoms with E-state index in [2.05, 4.69) is 40.0 Å². The average molecular weight is 365 g/mol. The molecule has 0 aliphatic rings. The monoisotopic (exact) mass is 365 g/mol. The molecular formula is C17H18F3N5O. The molecule has 0 saturated heterocycles. The number of aromatic nitrogens is 3. The van der Waals surface area contributed by atoms with Crippen molar-refractivity contribution in [3.8, 4) is 5.75 Å². The highest BCUT2D eigenvalue weighted by Gasteiger charge is 2.31. The molecule has 0 radical (unpaired) electrons. The second-order valence-electron chi connectivity index (χ2n) is 4.59. The Bertz CT molecular complexity index is 846. The molecule has 2 heterocycles. The number of nitrogens with one attached hydrogen (secondary N) is 2. The van der Waals surface area contributed by atoms with Gasteiger partial charge >= 0.3 is 6.36 Å². The molecular weight excluding hydrogens is 347 g/mol. The summed E-state index contributed by atoms with van der Waals surface area (Å²) in [6.45, 7) is 10.3. The topological polar surface area (TPSA) is 75.3 Å². The van der Waals surface area contributed by atoms with Crippen LogP contribution in [0.3, 0.4) is 0 Å². The van der Waals surface area contributed by atoms with Gasteiger partial charge in [-0.25, -0.2) is 4.98 Å². The summed E-state index contributed by atoms with van der Waals surface area (Å²) in [5.41, 5.74) is 1.88. The van der Waals surface area contributed by atoms with Gasteiger partial charge in [0.05, 0.1) is 5.69 Å². The molecule has 0 saturated carbocycles. The van der Waals surface area contributed by atoms with E-state index >= 15 is 0 Å². The second kappa shape index (κ2) is 9.21. The number of alkyl halides is 3. The number of nitrogens with zero attached hydrogens (tertiary/aromatic N) is 3. The number of hydrogen-bond acceptors (Lipinski definition) is 5. The normalized spacial score (nSPS) is 10.2. The highest BCUT2D eigenvalue weighted by Crippen LogP contribution is 2.26. The van der Waals surface area contributed by atoms with Crippen molar-refractivity contribution in [2.75, 3.05) is 5.32 Å². The summed E-state index contributed by atoms with van der Waals surface area (Å²) in [7, 11) is 0. The Morgan fingerprint density at radius 2 is 1.85 bits per heavy atom. The fraction of sp³-hybridized carbons (Fsp3) is 0.118. The Morgan fingerprint density at radius 1 is 1.15 bits per heavy atom. The smallest absolute Gasteiger partial charge is 0.406 e. The van der Waals surface area contributed by atoms with Crippen molar-refractivity contribution in [1.29, 1.82) is 5.41 Å². The maximum Gasteiger partial charge on any atom is 0.573 e. The molecule has 0 aliphatic carbocycles. The third-order valence-corrected chi connectivity index (χ3v) is 2.82. The Labute approximate surface area is 148 Å². The molecule has 0 fully saturated rings. The molecule has 26 heavy (non-hydrogen) atoms. The van der Waals surface area contributed by atoms with Gasteiger partial charge in [-0.3, -0.25) is 0 Å². The quantitative estimate of drug-likeness (QED) is 0.519. The number of aryl methyl sites for hydroxylation is 1. The fourth-order valence-corrected chi connectivity index (χ4v) is 2.02. The highest BCUT2D eigenvalue weighted by molar-refractivity contribution is 5.60. The van der Waals surface area contributed by atoms with Gasteiger partial charge in [-0.2, -0.15) is 9.61 Å². The molecule has 3 rings (SSSR count). The van der Waals surface area contributed by atoms with E-state index in [4.69, 9.17) is 5.41 Å². The van der Waals surface area contributed by atoms with E-state index < -0.39 is 6.36 Å². The molecule has 1 aromatic carbocycles. The van der Waals surface area contributed by atoms with Crippen molar-refractivity contribution in [2.45, 2.75) is 13.3 Å². The molecule has 0 aliphatic heterocycles. The Hall–Kier alpha value is -3.36. The summed E-state index contributed by atoms with van der Waals surface area (Å²) < 4.78 is 42.2. The van der Waals surface area contributed by atoms with Crippen LogP contribution in [0.15, 0.2) is 55.8 Å². The van der Waals surface area contributed by atoms with Crippen LogP contribution in [0, 0.1) is 12.3 Å². The minimum absolute atomic E-state index is 0.292. The second-order valence-corrected chi connectivity index (χ2v) is 4.59. The summed E-state index contributed by atoms with van der Waals surface area (Å²) in [6, 6.07) is 9.07. The maximum atomic E-state index is 12.2. The molecule has 0 unspecified atom stereocenters. The Kier molecular flexibility index (Phi) is 7.33. The van der Waals surface area contributed by atoms with Crippen LogP contribution in [0.2, 0.25) is 0 Å². The van der Waals surface area contributed by atoms with E-state index in [1.54, 1.807) is 28.9 Å². The van der Waals surface area contributed by atoms with Crippen LogP contribution in [-0.2, 0) is 0 Å². The zero-order chi connectivity index (χ0) is 19.7. The number of rotatable bonds is 3. The van der Waals surface area contributed by atoms with Gasteiger partial charge < -0.3 is 15.5 Å². The lowest BCUT2D eigenvalue weighted by Gasteiger charge is -2.11. The van der Waals surface area contributed by atoms with Crippen molar-refractivity contribution < 1.29 is 17.9 Å². The van der Waals surface area contributed by atoms with Gasteiger partial charge in [-0.05, 0) is 31.8 Å². The van der Waals surface area contributed by atoms with Gasteiger partial charge in [0.1, 0.15) is 11.6 Å². The number of anilines is 2. The van der Waals surface area contributed by atoms with E-state index in [0.29, 0.717) is 17.2 Å². The number of benzene rings is 1. The largest absolute Gasteiger partial charge is 0.573 e. The first kappa shape index (κ1) is 20.7. The summed E-state index contributed by atoms with van der Waals surface area (Å²) in [5.74, 6) is 0.293. The molecule has 138 valence electrons. The summed E-state index contributed by atoms with van der Waals surface area (Å²) in [4.78, 5) is 4.16. The zero-order valence-corrected chi connectivity index (χ0v) is 14.0. The van der Waals surface area contributed by atoms with Gasteiger partial charge in [0, 0.05) is 24.0 Å². The molecule has 9 heteroatoms. The zero-order valence-electron chi connectivity index (χ0n) is 14.0. The first-order valence-corrected chi connectivity index (χ1v) is 7.20. The number of fused-ring (bicyclic) bond motifs is 1. The predicted octanol–water partition coefficient (Wildman–Crippen LogP) is 4.75. The lowest BCUT2D eigenvalue weighted by Crippen LogP contribution is -2.17. The fourth-order valence-electron chi connectivity index (χ4n) is 2.02.